The Morgan fingerprint density at radius 1 is 1.30 bits per heavy atom. The van der Waals surface area contributed by atoms with E-state index < -0.39 is 0 Å². The second kappa shape index (κ2) is 5.53. The lowest BCUT2D eigenvalue weighted by Crippen LogP contribution is -2.28. The van der Waals surface area contributed by atoms with Gasteiger partial charge in [0, 0.05) is 12.3 Å². The second-order valence-electron chi connectivity index (χ2n) is 6.16. The molecule has 0 unspecified atom stereocenters. The van der Waals surface area contributed by atoms with E-state index in [2.05, 4.69) is 4.98 Å². The van der Waals surface area contributed by atoms with E-state index in [1.165, 1.54) is 0 Å². The Morgan fingerprint density at radius 2 is 2.13 bits per heavy atom. The topological polar surface area (TPSA) is 42.4 Å². The fraction of sp³-hybridized carbons (Fsp3) is 0.333. The molecular formula is C18H17ClN2O2. The molecule has 1 aromatic carbocycles. The molecule has 1 aliphatic carbocycles. The van der Waals surface area contributed by atoms with E-state index >= 15 is 0 Å². The van der Waals surface area contributed by atoms with Crippen LogP contribution in [0.25, 0.3) is 0 Å². The smallest absolute Gasteiger partial charge is 0.235 e. The molecule has 23 heavy (non-hydrogen) atoms. The van der Waals surface area contributed by atoms with Crippen LogP contribution in [-0.2, 0) is 11.2 Å². The summed E-state index contributed by atoms with van der Waals surface area (Å²) in [5, 5.41) is 0.401. The van der Waals surface area contributed by atoms with Crippen LogP contribution in [0.15, 0.2) is 30.3 Å². The summed E-state index contributed by atoms with van der Waals surface area (Å²) in [6.07, 6.45) is 2.77. The number of halogens is 1. The number of fused-ring (bicyclic) bond motifs is 1. The van der Waals surface area contributed by atoms with Gasteiger partial charge in [-0.25, -0.2) is 4.98 Å². The molecule has 5 heteroatoms. The highest BCUT2D eigenvalue weighted by molar-refractivity contribution is 6.29. The molecule has 4 rings (SSSR count). The van der Waals surface area contributed by atoms with Gasteiger partial charge in [0.05, 0.1) is 12.3 Å². The molecule has 118 valence electrons. The molecular weight excluding hydrogens is 312 g/mol. The number of pyridine rings is 1. The fourth-order valence-electron chi connectivity index (χ4n) is 2.92. The van der Waals surface area contributed by atoms with E-state index in [0.717, 1.165) is 41.8 Å². The van der Waals surface area contributed by atoms with E-state index in [1.54, 1.807) is 11.0 Å². The molecule has 1 saturated carbocycles. The monoisotopic (exact) mass is 328 g/mol. The fourth-order valence-corrected chi connectivity index (χ4v) is 3.18. The molecule has 0 bridgehead atoms. The van der Waals surface area contributed by atoms with Crippen molar-refractivity contribution in [3.8, 4) is 5.75 Å². The molecule has 4 nitrogen and oxygen atoms in total. The van der Waals surface area contributed by atoms with Crippen LogP contribution in [0.1, 0.15) is 24.0 Å². The zero-order chi connectivity index (χ0) is 16.0. The van der Waals surface area contributed by atoms with E-state index in [9.17, 15) is 4.79 Å². The van der Waals surface area contributed by atoms with Crippen molar-refractivity contribution in [3.63, 3.8) is 0 Å². The number of rotatable bonds is 3. The van der Waals surface area contributed by atoms with Crippen LogP contribution in [0.2, 0.25) is 5.15 Å². The summed E-state index contributed by atoms with van der Waals surface area (Å²) < 4.78 is 5.56. The van der Waals surface area contributed by atoms with Crippen molar-refractivity contribution in [3.05, 3.63) is 46.6 Å². The maximum atomic E-state index is 12.8. The zero-order valence-corrected chi connectivity index (χ0v) is 13.6. The lowest BCUT2D eigenvalue weighted by molar-refractivity contribution is -0.119. The minimum absolute atomic E-state index is 0.0954. The minimum atomic E-state index is 0.0954. The lowest BCUT2D eigenvalue weighted by Gasteiger charge is -2.23. The second-order valence-corrected chi connectivity index (χ2v) is 6.55. The van der Waals surface area contributed by atoms with Crippen molar-refractivity contribution >= 4 is 29.0 Å². The molecule has 2 heterocycles. The van der Waals surface area contributed by atoms with Gasteiger partial charge in [-0.3, -0.25) is 9.69 Å². The first kappa shape index (κ1) is 14.5. The van der Waals surface area contributed by atoms with Gasteiger partial charge < -0.3 is 4.74 Å². The van der Waals surface area contributed by atoms with Crippen LogP contribution in [-0.4, -0.2) is 17.5 Å². The minimum Gasteiger partial charge on any atom is -0.493 e. The maximum Gasteiger partial charge on any atom is 0.235 e. The van der Waals surface area contributed by atoms with Gasteiger partial charge in [0.1, 0.15) is 16.7 Å². The largest absolute Gasteiger partial charge is 0.493 e. The lowest BCUT2D eigenvalue weighted by atomic mass is 10.1. The summed E-state index contributed by atoms with van der Waals surface area (Å²) >= 11 is 6.11. The van der Waals surface area contributed by atoms with Gasteiger partial charge in [0.15, 0.2) is 0 Å². The van der Waals surface area contributed by atoms with E-state index in [4.69, 9.17) is 16.3 Å². The summed E-state index contributed by atoms with van der Waals surface area (Å²) in [5.41, 5.74) is 2.95. The molecule has 1 amide bonds. The van der Waals surface area contributed by atoms with Crippen LogP contribution in [0.5, 0.6) is 5.75 Å². The Balaban J connectivity index is 1.80. The molecule has 0 atom stereocenters. The summed E-state index contributed by atoms with van der Waals surface area (Å²) in [6, 6.07) is 9.57. The molecule has 1 aromatic heterocycles. The Kier molecular flexibility index (Phi) is 3.49. The van der Waals surface area contributed by atoms with E-state index in [0.29, 0.717) is 17.6 Å². The summed E-state index contributed by atoms with van der Waals surface area (Å²) in [6.45, 7) is 2.65. The summed E-state index contributed by atoms with van der Waals surface area (Å²) in [5.74, 6) is 1.69. The first-order chi connectivity index (χ1) is 11.1. The van der Waals surface area contributed by atoms with Crippen LogP contribution in [0.3, 0.4) is 0 Å². The third-order valence-electron chi connectivity index (χ3n) is 4.23. The normalized spacial score (nSPS) is 15.9. The van der Waals surface area contributed by atoms with Gasteiger partial charge in [-0.1, -0.05) is 11.6 Å². The molecule has 0 spiro atoms. The van der Waals surface area contributed by atoms with Crippen molar-refractivity contribution in [2.45, 2.75) is 26.2 Å². The number of ether oxygens (including phenoxy) is 1. The Hall–Kier alpha value is -2.07. The Labute approximate surface area is 140 Å². The molecule has 1 aliphatic heterocycles. The molecule has 0 saturated heterocycles. The van der Waals surface area contributed by atoms with Crippen LogP contribution in [0, 0.1) is 12.8 Å². The number of aromatic nitrogens is 1. The third-order valence-corrected chi connectivity index (χ3v) is 4.43. The average molecular weight is 329 g/mol. The third kappa shape index (κ3) is 2.79. The van der Waals surface area contributed by atoms with Crippen LogP contribution >= 0.6 is 11.6 Å². The van der Waals surface area contributed by atoms with Crippen molar-refractivity contribution in [1.29, 1.82) is 0 Å². The van der Waals surface area contributed by atoms with Gasteiger partial charge in [0.2, 0.25) is 5.91 Å². The maximum absolute atomic E-state index is 12.8. The summed E-state index contributed by atoms with van der Waals surface area (Å²) in [4.78, 5) is 18.9. The molecule has 0 radical (unpaired) electrons. The molecule has 0 N–H and O–H groups in total. The Morgan fingerprint density at radius 3 is 2.87 bits per heavy atom. The quantitative estimate of drug-likeness (QED) is 0.798. The highest BCUT2D eigenvalue weighted by Gasteiger charge is 2.35. The zero-order valence-electron chi connectivity index (χ0n) is 12.9. The van der Waals surface area contributed by atoms with E-state index in [-0.39, 0.29) is 11.8 Å². The van der Waals surface area contributed by atoms with Crippen molar-refractivity contribution < 1.29 is 9.53 Å². The predicted molar refractivity (Wildman–Crippen MR) is 89.5 cm³/mol. The van der Waals surface area contributed by atoms with Gasteiger partial charge in [-0.15, -0.1) is 0 Å². The van der Waals surface area contributed by atoms with Crippen molar-refractivity contribution in [2.75, 3.05) is 11.5 Å². The SMILES string of the molecule is Cc1cc(Cl)nc(N(C(=O)C2CC2)c2ccc3c(c2)CCO3)c1. The number of hydrogen-bond acceptors (Lipinski definition) is 3. The Bertz CT molecular complexity index is 766. The number of nitrogens with zero attached hydrogens (tertiary/aromatic N) is 2. The van der Waals surface area contributed by atoms with Gasteiger partial charge >= 0.3 is 0 Å². The van der Waals surface area contributed by atoms with Gasteiger partial charge in [-0.05, 0) is 61.2 Å². The average Bonchev–Trinajstić information content (AvgIpc) is 3.25. The number of benzene rings is 1. The predicted octanol–water partition coefficient (Wildman–Crippen LogP) is 4.05. The van der Waals surface area contributed by atoms with Gasteiger partial charge in [0.25, 0.3) is 0 Å². The van der Waals surface area contributed by atoms with Crippen molar-refractivity contribution in [2.24, 2.45) is 5.92 Å². The highest BCUT2D eigenvalue weighted by Crippen LogP contribution is 2.38. The number of hydrogen-bond donors (Lipinski definition) is 0. The molecule has 2 aromatic rings. The standard InChI is InChI=1S/C18H17ClN2O2/c1-11-8-16(19)20-17(9-11)21(18(22)12-2-3-12)14-4-5-15-13(10-14)6-7-23-15/h4-5,8-10,12H,2-3,6-7H2,1H3. The van der Waals surface area contributed by atoms with Crippen molar-refractivity contribution in [1.82, 2.24) is 4.98 Å². The number of anilines is 2. The van der Waals surface area contributed by atoms with Crippen LogP contribution in [0.4, 0.5) is 11.5 Å². The first-order valence-electron chi connectivity index (χ1n) is 7.86. The first-order valence-corrected chi connectivity index (χ1v) is 8.23. The number of aryl methyl sites for hydroxylation is 1. The summed E-state index contributed by atoms with van der Waals surface area (Å²) in [7, 11) is 0. The molecule has 1 fully saturated rings. The highest BCUT2D eigenvalue weighted by atomic mass is 35.5. The number of carbonyl (C=O) groups excluding carboxylic acids is 1. The van der Waals surface area contributed by atoms with E-state index in [1.807, 2.05) is 31.2 Å². The number of carbonyl (C=O) groups is 1. The van der Waals surface area contributed by atoms with Crippen LogP contribution < -0.4 is 9.64 Å². The number of amides is 1. The molecule has 2 aliphatic rings. The van der Waals surface area contributed by atoms with Gasteiger partial charge in [-0.2, -0.15) is 0 Å².